The Kier molecular flexibility index (Phi) is 7.94. The zero-order chi connectivity index (χ0) is 23.3. The van der Waals surface area contributed by atoms with Gasteiger partial charge in [-0.25, -0.2) is 13.2 Å². The fraction of sp³-hybridized carbons (Fsp3) is 0.364. The Morgan fingerprint density at radius 2 is 1.78 bits per heavy atom. The van der Waals surface area contributed by atoms with E-state index in [0.29, 0.717) is 5.69 Å². The van der Waals surface area contributed by atoms with E-state index in [4.69, 9.17) is 9.47 Å². The van der Waals surface area contributed by atoms with Crippen LogP contribution in [0.4, 0.5) is 5.69 Å². The van der Waals surface area contributed by atoms with Gasteiger partial charge in [-0.2, -0.15) is 4.31 Å². The highest BCUT2D eigenvalue weighted by molar-refractivity contribution is 7.98. The van der Waals surface area contributed by atoms with Crippen molar-refractivity contribution in [1.82, 2.24) is 4.31 Å². The number of carbonyl (C=O) groups excluding carboxylic acids is 2. The molecule has 0 saturated carbocycles. The van der Waals surface area contributed by atoms with Crippen molar-refractivity contribution in [2.24, 2.45) is 0 Å². The second kappa shape index (κ2) is 10.5. The van der Waals surface area contributed by atoms with Crippen LogP contribution in [-0.4, -0.2) is 62.8 Å². The molecule has 10 heteroatoms. The summed E-state index contributed by atoms with van der Waals surface area (Å²) in [5.41, 5.74) is 0.768. The van der Waals surface area contributed by atoms with Crippen LogP contribution < -0.4 is 5.32 Å². The first-order valence-corrected chi connectivity index (χ1v) is 12.7. The summed E-state index contributed by atoms with van der Waals surface area (Å²) in [5, 5.41) is 2.67. The molecule has 0 spiro atoms. The summed E-state index contributed by atoms with van der Waals surface area (Å²) in [5.74, 6) is -1.18. The van der Waals surface area contributed by atoms with Gasteiger partial charge in [0.25, 0.3) is 5.91 Å². The van der Waals surface area contributed by atoms with Crippen LogP contribution in [0, 0.1) is 0 Å². The van der Waals surface area contributed by atoms with E-state index in [2.05, 4.69) is 5.32 Å². The van der Waals surface area contributed by atoms with Crippen LogP contribution in [-0.2, 0) is 24.3 Å². The van der Waals surface area contributed by atoms with Crippen LogP contribution in [0.15, 0.2) is 58.3 Å². The predicted octanol–water partition coefficient (Wildman–Crippen LogP) is 3.00. The van der Waals surface area contributed by atoms with Crippen molar-refractivity contribution in [3.63, 3.8) is 0 Å². The number of amides is 1. The average Bonchev–Trinajstić information content (AvgIpc) is 2.77. The van der Waals surface area contributed by atoms with E-state index in [1.165, 1.54) is 28.6 Å². The minimum Gasteiger partial charge on any atom is -0.452 e. The fourth-order valence-corrected chi connectivity index (χ4v) is 5.40. The molecule has 1 aliphatic heterocycles. The van der Waals surface area contributed by atoms with Crippen molar-refractivity contribution in [2.75, 3.05) is 31.3 Å². The number of nitrogens with zero attached hydrogens (tertiary/aromatic N) is 1. The molecule has 1 saturated heterocycles. The van der Waals surface area contributed by atoms with Crippen LogP contribution >= 0.6 is 11.8 Å². The van der Waals surface area contributed by atoms with Gasteiger partial charge >= 0.3 is 5.97 Å². The molecule has 0 radical (unpaired) electrons. The third-order valence-electron chi connectivity index (χ3n) is 4.80. The molecule has 2 aromatic carbocycles. The van der Waals surface area contributed by atoms with Gasteiger partial charge in [0, 0.05) is 23.7 Å². The quantitative estimate of drug-likeness (QED) is 0.482. The largest absolute Gasteiger partial charge is 0.452 e. The molecule has 0 aromatic heterocycles. The molecular formula is C22H26N2O6S2. The molecule has 3 rings (SSSR count). The summed E-state index contributed by atoms with van der Waals surface area (Å²) < 4.78 is 37.8. The fourth-order valence-electron chi connectivity index (χ4n) is 3.35. The summed E-state index contributed by atoms with van der Waals surface area (Å²) in [6.45, 7) is 3.74. The molecule has 2 aromatic rings. The van der Waals surface area contributed by atoms with Gasteiger partial charge in [-0.3, -0.25) is 4.79 Å². The van der Waals surface area contributed by atoms with Gasteiger partial charge in [-0.05, 0) is 62.6 Å². The monoisotopic (exact) mass is 478 g/mol. The number of hydrogen-bond acceptors (Lipinski definition) is 7. The number of nitrogens with one attached hydrogen (secondary N) is 1. The van der Waals surface area contributed by atoms with Gasteiger partial charge in [0.05, 0.1) is 22.7 Å². The van der Waals surface area contributed by atoms with Crippen LogP contribution in [0.3, 0.4) is 0 Å². The Morgan fingerprint density at radius 1 is 1.12 bits per heavy atom. The number of hydrogen-bond donors (Lipinski definition) is 1. The first kappa shape index (κ1) is 24.2. The maximum Gasteiger partial charge on any atom is 0.338 e. The van der Waals surface area contributed by atoms with Gasteiger partial charge in [-0.1, -0.05) is 6.07 Å². The normalized spacial score (nSPS) is 19.3. The van der Waals surface area contributed by atoms with Crippen molar-refractivity contribution in [3.05, 3.63) is 54.1 Å². The Morgan fingerprint density at radius 3 is 2.41 bits per heavy atom. The van der Waals surface area contributed by atoms with E-state index in [1.807, 2.05) is 38.3 Å². The van der Waals surface area contributed by atoms with E-state index in [1.54, 1.807) is 17.8 Å². The number of rotatable bonds is 7. The Hall–Kier alpha value is -2.40. The van der Waals surface area contributed by atoms with E-state index < -0.39 is 28.5 Å². The lowest BCUT2D eigenvalue weighted by atomic mass is 10.2. The summed E-state index contributed by atoms with van der Waals surface area (Å²) in [6, 6.07) is 12.8. The van der Waals surface area contributed by atoms with E-state index in [9.17, 15) is 18.0 Å². The molecule has 1 N–H and O–H groups in total. The zero-order valence-corrected chi connectivity index (χ0v) is 19.7. The van der Waals surface area contributed by atoms with E-state index in [0.717, 1.165) is 4.90 Å². The number of carbonyl (C=O) groups is 2. The topological polar surface area (TPSA) is 102 Å². The molecule has 172 valence electrons. The molecule has 0 bridgehead atoms. The Balaban J connectivity index is 1.58. The van der Waals surface area contributed by atoms with Gasteiger partial charge in [0.15, 0.2) is 6.61 Å². The van der Waals surface area contributed by atoms with Crippen molar-refractivity contribution in [2.45, 2.75) is 35.8 Å². The minimum absolute atomic E-state index is 0.0850. The van der Waals surface area contributed by atoms with Crippen LogP contribution in [0.5, 0.6) is 0 Å². The molecule has 0 aliphatic carbocycles. The third-order valence-corrected chi connectivity index (χ3v) is 7.37. The van der Waals surface area contributed by atoms with Crippen molar-refractivity contribution in [1.29, 1.82) is 0 Å². The average molecular weight is 479 g/mol. The number of thioether (sulfide) groups is 1. The Bertz CT molecular complexity index is 1060. The summed E-state index contributed by atoms with van der Waals surface area (Å²) in [4.78, 5) is 25.4. The molecule has 2 unspecified atom stereocenters. The predicted molar refractivity (Wildman–Crippen MR) is 122 cm³/mol. The van der Waals surface area contributed by atoms with Crippen LogP contribution in [0.2, 0.25) is 0 Å². The van der Waals surface area contributed by atoms with Gasteiger partial charge in [0.2, 0.25) is 10.0 Å². The van der Waals surface area contributed by atoms with Crippen molar-refractivity contribution >= 4 is 39.3 Å². The second-order valence-corrected chi connectivity index (χ2v) is 10.3. The molecule has 1 heterocycles. The van der Waals surface area contributed by atoms with Gasteiger partial charge in [0.1, 0.15) is 0 Å². The summed E-state index contributed by atoms with van der Waals surface area (Å²) in [6.07, 6.45) is 1.54. The highest BCUT2D eigenvalue weighted by Gasteiger charge is 2.32. The van der Waals surface area contributed by atoms with Crippen LogP contribution in [0.1, 0.15) is 24.2 Å². The van der Waals surface area contributed by atoms with E-state index in [-0.39, 0.29) is 35.8 Å². The third kappa shape index (κ3) is 6.10. The maximum atomic E-state index is 12.9. The summed E-state index contributed by atoms with van der Waals surface area (Å²) >= 11 is 1.55. The van der Waals surface area contributed by atoms with Gasteiger partial charge in [-0.15, -0.1) is 11.8 Å². The number of benzene rings is 2. The van der Waals surface area contributed by atoms with Crippen molar-refractivity contribution < 1.29 is 27.5 Å². The minimum atomic E-state index is -3.70. The molecule has 32 heavy (non-hydrogen) atoms. The first-order valence-electron chi connectivity index (χ1n) is 10.1. The summed E-state index contributed by atoms with van der Waals surface area (Å²) in [7, 11) is -3.70. The zero-order valence-electron chi connectivity index (χ0n) is 18.1. The Labute approximate surface area is 192 Å². The SMILES string of the molecule is CSc1cccc(NC(=O)COC(=O)c2ccc(S(=O)(=O)N3CC(C)OC(C)C3)cc2)c1. The molecule has 1 amide bonds. The molecule has 1 fully saturated rings. The number of sulfonamides is 1. The molecule has 8 nitrogen and oxygen atoms in total. The van der Waals surface area contributed by atoms with Gasteiger partial charge < -0.3 is 14.8 Å². The van der Waals surface area contributed by atoms with Crippen molar-refractivity contribution in [3.8, 4) is 0 Å². The lowest BCUT2D eigenvalue weighted by molar-refractivity contribution is -0.119. The number of morpholine rings is 1. The number of anilines is 1. The highest BCUT2D eigenvalue weighted by atomic mass is 32.2. The smallest absolute Gasteiger partial charge is 0.338 e. The molecule has 1 aliphatic rings. The standard InChI is InChI=1S/C22H26N2O6S2/c1-15-12-24(13-16(2)30-15)32(27,28)20-9-7-17(8-10-20)22(26)29-14-21(25)23-18-5-4-6-19(11-18)31-3/h4-11,15-16H,12-14H2,1-3H3,(H,23,25). The number of ether oxygens (including phenoxy) is 2. The maximum absolute atomic E-state index is 12.9. The number of esters is 1. The highest BCUT2D eigenvalue weighted by Crippen LogP contribution is 2.22. The van der Waals surface area contributed by atoms with E-state index >= 15 is 0 Å². The van der Waals surface area contributed by atoms with Crippen LogP contribution in [0.25, 0.3) is 0 Å². The lowest BCUT2D eigenvalue weighted by Gasteiger charge is -2.34. The lowest BCUT2D eigenvalue weighted by Crippen LogP contribution is -2.48. The molecule has 2 atom stereocenters. The first-order chi connectivity index (χ1) is 15.2. The molecular weight excluding hydrogens is 452 g/mol. The second-order valence-electron chi connectivity index (χ2n) is 7.46.